The zero-order valence-corrected chi connectivity index (χ0v) is 17.8. The summed E-state index contributed by atoms with van der Waals surface area (Å²) < 4.78 is 38.7. The molecular formula is C20H24N2O4S2. The monoisotopic (exact) mass is 420 g/mol. The van der Waals surface area contributed by atoms with Crippen LogP contribution < -0.4 is 0 Å². The van der Waals surface area contributed by atoms with E-state index in [4.69, 9.17) is 0 Å². The van der Waals surface area contributed by atoms with Crippen LogP contribution in [0.3, 0.4) is 0 Å². The number of carbonyl (C=O) groups excluding carboxylic acids is 1. The first-order valence-corrected chi connectivity index (χ1v) is 12.0. The van der Waals surface area contributed by atoms with Crippen molar-refractivity contribution in [3.8, 4) is 0 Å². The number of rotatable bonds is 4. The lowest BCUT2D eigenvalue weighted by molar-refractivity contribution is 0.0698. The van der Waals surface area contributed by atoms with Gasteiger partial charge in [-0.05, 0) is 61.4 Å². The highest BCUT2D eigenvalue weighted by Crippen LogP contribution is 2.21. The number of hydrogen-bond acceptors (Lipinski definition) is 4. The summed E-state index contributed by atoms with van der Waals surface area (Å²) in [5, 5.41) is 0. The Balaban J connectivity index is 1.68. The molecule has 1 saturated heterocycles. The number of amides is 1. The highest BCUT2D eigenvalue weighted by molar-refractivity contribution is 7.89. The van der Waals surface area contributed by atoms with Gasteiger partial charge in [0, 0.05) is 53.7 Å². The minimum absolute atomic E-state index is 0.142. The first-order chi connectivity index (χ1) is 13.2. The average Bonchev–Trinajstić information content (AvgIpc) is 2.69. The lowest BCUT2D eigenvalue weighted by Crippen LogP contribution is -2.50. The third-order valence-corrected chi connectivity index (χ3v) is 7.91. The van der Waals surface area contributed by atoms with E-state index in [0.29, 0.717) is 28.4 Å². The van der Waals surface area contributed by atoms with Crippen LogP contribution in [0.1, 0.15) is 21.5 Å². The number of sulfonamides is 1. The molecule has 0 N–H and O–H groups in total. The van der Waals surface area contributed by atoms with Gasteiger partial charge in [0.1, 0.15) is 0 Å². The summed E-state index contributed by atoms with van der Waals surface area (Å²) in [6.45, 7) is 5.04. The van der Waals surface area contributed by atoms with Crippen LogP contribution in [0.5, 0.6) is 0 Å². The highest BCUT2D eigenvalue weighted by Gasteiger charge is 2.30. The van der Waals surface area contributed by atoms with Crippen molar-refractivity contribution in [2.45, 2.75) is 23.6 Å². The van der Waals surface area contributed by atoms with E-state index in [2.05, 4.69) is 0 Å². The normalized spacial score (nSPS) is 16.8. The molecule has 28 heavy (non-hydrogen) atoms. The second-order valence-electron chi connectivity index (χ2n) is 6.92. The van der Waals surface area contributed by atoms with Gasteiger partial charge in [0.25, 0.3) is 5.91 Å². The topological polar surface area (TPSA) is 74.8 Å². The second kappa shape index (κ2) is 8.14. The van der Waals surface area contributed by atoms with Crippen LogP contribution in [0, 0.1) is 13.8 Å². The molecule has 1 aliphatic heterocycles. The van der Waals surface area contributed by atoms with Crippen molar-refractivity contribution in [3.05, 3.63) is 59.2 Å². The summed E-state index contributed by atoms with van der Waals surface area (Å²) in [6.07, 6.45) is 1.59. The molecule has 1 unspecified atom stereocenters. The maximum atomic E-state index is 12.9. The molecule has 1 amide bonds. The summed E-state index contributed by atoms with van der Waals surface area (Å²) in [5.74, 6) is -0.142. The summed E-state index contributed by atoms with van der Waals surface area (Å²) >= 11 is 0. The van der Waals surface area contributed by atoms with Crippen molar-refractivity contribution < 1.29 is 17.4 Å². The van der Waals surface area contributed by atoms with Crippen molar-refractivity contribution in [2.75, 3.05) is 32.4 Å². The molecule has 0 radical (unpaired) electrons. The molecule has 8 heteroatoms. The predicted molar refractivity (Wildman–Crippen MR) is 109 cm³/mol. The van der Waals surface area contributed by atoms with Crippen LogP contribution in [-0.2, 0) is 20.8 Å². The summed E-state index contributed by atoms with van der Waals surface area (Å²) in [6, 6.07) is 11.8. The fourth-order valence-electron chi connectivity index (χ4n) is 3.13. The lowest BCUT2D eigenvalue weighted by atomic mass is 10.1. The highest BCUT2D eigenvalue weighted by atomic mass is 32.2. The number of benzene rings is 2. The molecule has 6 nitrogen and oxygen atoms in total. The molecule has 2 aromatic carbocycles. The first kappa shape index (κ1) is 20.7. The Labute approximate surface area is 168 Å². The minimum atomic E-state index is -3.57. The zero-order valence-electron chi connectivity index (χ0n) is 16.2. The van der Waals surface area contributed by atoms with E-state index in [1.165, 1.54) is 4.31 Å². The molecule has 0 aliphatic carbocycles. The smallest absolute Gasteiger partial charge is 0.253 e. The van der Waals surface area contributed by atoms with Gasteiger partial charge in [0.15, 0.2) is 0 Å². The van der Waals surface area contributed by atoms with Crippen LogP contribution >= 0.6 is 0 Å². The summed E-state index contributed by atoms with van der Waals surface area (Å²) in [7, 11) is -4.66. The first-order valence-electron chi connectivity index (χ1n) is 9.00. The molecule has 0 bridgehead atoms. The number of nitrogens with zero attached hydrogens (tertiary/aromatic N) is 2. The van der Waals surface area contributed by atoms with Crippen molar-refractivity contribution in [2.24, 2.45) is 0 Å². The molecular weight excluding hydrogens is 396 g/mol. The fraction of sp³-hybridized carbons (Fsp3) is 0.350. The number of aryl methyl sites for hydroxylation is 2. The van der Waals surface area contributed by atoms with Gasteiger partial charge in [-0.15, -0.1) is 0 Å². The van der Waals surface area contributed by atoms with Crippen LogP contribution in [0.25, 0.3) is 0 Å². The molecule has 0 spiro atoms. The van der Waals surface area contributed by atoms with Gasteiger partial charge < -0.3 is 4.90 Å². The Morgan fingerprint density at radius 1 is 0.929 bits per heavy atom. The molecule has 0 aromatic heterocycles. The number of piperazine rings is 1. The molecule has 1 heterocycles. The molecule has 1 fully saturated rings. The van der Waals surface area contributed by atoms with Crippen molar-refractivity contribution in [3.63, 3.8) is 0 Å². The van der Waals surface area contributed by atoms with Gasteiger partial charge in [0.2, 0.25) is 10.0 Å². The Kier molecular flexibility index (Phi) is 6.02. The fourth-order valence-corrected chi connectivity index (χ4v) is 5.15. The third kappa shape index (κ3) is 4.19. The summed E-state index contributed by atoms with van der Waals surface area (Å²) in [4.78, 5) is 15.3. The van der Waals surface area contributed by atoms with Crippen molar-refractivity contribution in [1.82, 2.24) is 9.21 Å². The maximum absolute atomic E-state index is 12.9. The Bertz CT molecular complexity index is 1010. The van der Waals surface area contributed by atoms with E-state index >= 15 is 0 Å². The lowest BCUT2D eigenvalue weighted by Gasteiger charge is -2.34. The van der Waals surface area contributed by atoms with E-state index < -0.39 is 20.8 Å². The van der Waals surface area contributed by atoms with Crippen LogP contribution in [0.15, 0.2) is 52.3 Å². The van der Waals surface area contributed by atoms with Gasteiger partial charge in [-0.25, -0.2) is 8.42 Å². The Morgan fingerprint density at radius 2 is 1.54 bits per heavy atom. The van der Waals surface area contributed by atoms with Crippen molar-refractivity contribution in [1.29, 1.82) is 0 Å². The Hall–Kier alpha value is -2.03. The molecule has 0 saturated carbocycles. The minimum Gasteiger partial charge on any atom is -0.336 e. The van der Waals surface area contributed by atoms with Crippen LogP contribution in [0.4, 0.5) is 0 Å². The van der Waals surface area contributed by atoms with Gasteiger partial charge >= 0.3 is 0 Å². The molecule has 150 valence electrons. The SMILES string of the molecule is Cc1ccc(S(=O)(=O)N2CCN(C(=O)c3ccc(S(C)=O)cc3)CC2)cc1C. The molecule has 2 aromatic rings. The average molecular weight is 421 g/mol. The second-order valence-corrected chi connectivity index (χ2v) is 10.2. The van der Waals surface area contributed by atoms with Crippen LogP contribution in [-0.4, -0.2) is 60.2 Å². The third-order valence-electron chi connectivity index (χ3n) is 5.08. The molecule has 1 atom stereocenters. The largest absolute Gasteiger partial charge is 0.336 e. The predicted octanol–water partition coefficient (Wildman–Crippen LogP) is 2.19. The molecule has 1 aliphatic rings. The van der Waals surface area contributed by atoms with E-state index in [1.807, 2.05) is 19.9 Å². The van der Waals surface area contributed by atoms with E-state index in [0.717, 1.165) is 11.1 Å². The quantitative estimate of drug-likeness (QED) is 0.760. The van der Waals surface area contributed by atoms with Crippen LogP contribution in [0.2, 0.25) is 0 Å². The molecule has 3 rings (SSSR count). The standard InChI is InChI=1S/C20H24N2O4S2/c1-15-4-9-19(14-16(15)2)28(25,26)22-12-10-21(11-13-22)20(23)17-5-7-18(8-6-17)27(3)24/h4-9,14H,10-13H2,1-3H3. The van der Waals surface area contributed by atoms with Gasteiger partial charge in [-0.3, -0.25) is 9.00 Å². The van der Waals surface area contributed by atoms with E-state index in [9.17, 15) is 17.4 Å². The van der Waals surface area contributed by atoms with Gasteiger partial charge in [0.05, 0.1) is 4.90 Å². The van der Waals surface area contributed by atoms with Crippen molar-refractivity contribution >= 4 is 26.7 Å². The Morgan fingerprint density at radius 3 is 2.07 bits per heavy atom. The number of hydrogen-bond donors (Lipinski definition) is 0. The van der Waals surface area contributed by atoms with E-state index in [1.54, 1.807) is 47.6 Å². The van der Waals surface area contributed by atoms with E-state index in [-0.39, 0.29) is 19.0 Å². The number of carbonyl (C=O) groups is 1. The zero-order chi connectivity index (χ0) is 20.5. The summed E-state index contributed by atoms with van der Waals surface area (Å²) in [5.41, 5.74) is 2.50. The maximum Gasteiger partial charge on any atom is 0.253 e. The van der Waals surface area contributed by atoms with Gasteiger partial charge in [-0.1, -0.05) is 6.07 Å². The van der Waals surface area contributed by atoms with Gasteiger partial charge in [-0.2, -0.15) is 4.31 Å².